The third-order valence-corrected chi connectivity index (χ3v) is 4.85. The Bertz CT molecular complexity index is 589. The number of hydrogen-bond donors (Lipinski definition) is 3. The lowest BCUT2D eigenvalue weighted by Gasteiger charge is -2.06. The Morgan fingerprint density at radius 2 is 2.28 bits per heavy atom. The first-order chi connectivity index (χ1) is 8.63. The summed E-state index contributed by atoms with van der Waals surface area (Å²) in [5, 5.41) is 4.72. The van der Waals surface area contributed by atoms with Crippen LogP contribution in [0.1, 0.15) is 10.7 Å². The zero-order chi connectivity index (χ0) is 13.0. The molecule has 0 aromatic carbocycles. The molecule has 0 atom stereocenters. The van der Waals surface area contributed by atoms with Crippen LogP contribution in [0.25, 0.3) is 0 Å². The van der Waals surface area contributed by atoms with Crippen molar-refractivity contribution < 1.29 is 8.42 Å². The molecule has 2 heterocycles. The van der Waals surface area contributed by atoms with Crippen LogP contribution in [0.4, 0.5) is 0 Å². The van der Waals surface area contributed by atoms with E-state index in [0.717, 1.165) is 4.88 Å². The summed E-state index contributed by atoms with van der Waals surface area (Å²) in [6, 6.07) is 1.61. The minimum atomic E-state index is -3.49. The molecule has 0 spiro atoms. The number of rotatable bonds is 6. The lowest BCUT2D eigenvalue weighted by atomic mass is 10.5. The van der Waals surface area contributed by atoms with Gasteiger partial charge in [0.05, 0.1) is 11.4 Å². The number of hydrogen-bond acceptors (Lipinski definition) is 5. The lowest BCUT2D eigenvalue weighted by Crippen LogP contribution is -2.24. The lowest BCUT2D eigenvalue weighted by molar-refractivity contribution is 0.578. The van der Waals surface area contributed by atoms with Crippen molar-refractivity contribution in [3.8, 4) is 0 Å². The van der Waals surface area contributed by atoms with Gasteiger partial charge >= 0.3 is 0 Å². The minimum Gasteiger partial charge on any atom is -0.347 e. The molecule has 2 aromatic rings. The molecular formula is C10H14N4O2S2. The molecule has 0 amide bonds. The van der Waals surface area contributed by atoms with Crippen LogP contribution >= 0.6 is 11.3 Å². The molecule has 0 aliphatic rings. The van der Waals surface area contributed by atoms with Crippen LogP contribution in [-0.4, -0.2) is 25.4 Å². The molecule has 8 heteroatoms. The van der Waals surface area contributed by atoms with Gasteiger partial charge in [0.25, 0.3) is 0 Å². The Kier molecular flexibility index (Phi) is 4.12. The molecule has 0 aliphatic heterocycles. The first kappa shape index (κ1) is 13.2. The molecule has 0 radical (unpaired) electrons. The Hall–Kier alpha value is -1.22. The number of sulfonamides is 1. The van der Waals surface area contributed by atoms with Crippen molar-refractivity contribution in [2.45, 2.75) is 18.0 Å². The fourth-order valence-electron chi connectivity index (χ4n) is 1.49. The van der Waals surface area contributed by atoms with Gasteiger partial charge in [-0.25, -0.2) is 18.1 Å². The van der Waals surface area contributed by atoms with E-state index < -0.39 is 10.0 Å². The third kappa shape index (κ3) is 2.96. The molecule has 18 heavy (non-hydrogen) atoms. The van der Waals surface area contributed by atoms with Gasteiger partial charge in [0.1, 0.15) is 5.82 Å². The highest BCUT2D eigenvalue weighted by Crippen LogP contribution is 2.21. The van der Waals surface area contributed by atoms with Gasteiger partial charge in [-0.15, -0.1) is 11.3 Å². The van der Waals surface area contributed by atoms with Gasteiger partial charge in [0, 0.05) is 23.8 Å². The maximum Gasteiger partial charge on any atom is 0.242 e. The SMILES string of the molecule is CNCc1sccc1S(=O)(=O)NCc1ncc[nH]1. The van der Waals surface area contributed by atoms with E-state index in [-0.39, 0.29) is 6.54 Å². The molecule has 2 rings (SSSR count). The number of imidazole rings is 1. The molecule has 2 aromatic heterocycles. The Balaban J connectivity index is 2.12. The van der Waals surface area contributed by atoms with E-state index in [2.05, 4.69) is 20.0 Å². The molecule has 6 nitrogen and oxygen atoms in total. The van der Waals surface area contributed by atoms with Crippen molar-refractivity contribution in [1.29, 1.82) is 0 Å². The zero-order valence-corrected chi connectivity index (χ0v) is 11.4. The maximum atomic E-state index is 12.1. The largest absolute Gasteiger partial charge is 0.347 e. The summed E-state index contributed by atoms with van der Waals surface area (Å²) in [7, 11) is -1.70. The van der Waals surface area contributed by atoms with E-state index in [1.165, 1.54) is 11.3 Å². The van der Waals surface area contributed by atoms with E-state index in [1.807, 2.05) is 0 Å². The predicted octanol–water partition coefficient (Wildman–Crippen LogP) is 0.669. The van der Waals surface area contributed by atoms with Gasteiger partial charge in [-0.05, 0) is 18.5 Å². The Labute approximate surface area is 110 Å². The second kappa shape index (κ2) is 5.61. The average molecular weight is 286 g/mol. The van der Waals surface area contributed by atoms with Gasteiger partial charge in [0.2, 0.25) is 10.0 Å². The highest BCUT2D eigenvalue weighted by Gasteiger charge is 2.19. The smallest absolute Gasteiger partial charge is 0.242 e. The van der Waals surface area contributed by atoms with Crippen LogP contribution in [0.2, 0.25) is 0 Å². The quantitative estimate of drug-likeness (QED) is 0.728. The van der Waals surface area contributed by atoms with E-state index in [1.54, 1.807) is 30.9 Å². The fraction of sp³-hybridized carbons (Fsp3) is 0.300. The standard InChI is InChI=1S/C10H14N4O2S2/c1-11-6-8-9(2-5-17-8)18(15,16)14-7-10-12-3-4-13-10/h2-5,11,14H,6-7H2,1H3,(H,12,13). The van der Waals surface area contributed by atoms with Crippen LogP contribution < -0.4 is 10.0 Å². The Morgan fingerprint density at radius 3 is 2.94 bits per heavy atom. The van der Waals surface area contributed by atoms with Crippen molar-refractivity contribution in [2.24, 2.45) is 0 Å². The molecule has 0 unspecified atom stereocenters. The molecule has 0 aliphatic carbocycles. The van der Waals surface area contributed by atoms with Gasteiger partial charge in [-0.2, -0.15) is 0 Å². The summed E-state index contributed by atoms with van der Waals surface area (Å²) in [6.07, 6.45) is 3.24. The van der Waals surface area contributed by atoms with Crippen molar-refractivity contribution >= 4 is 21.4 Å². The third-order valence-electron chi connectivity index (χ3n) is 2.32. The maximum absolute atomic E-state index is 12.1. The van der Waals surface area contributed by atoms with E-state index in [4.69, 9.17) is 0 Å². The van der Waals surface area contributed by atoms with Crippen LogP contribution in [0.5, 0.6) is 0 Å². The van der Waals surface area contributed by atoms with Crippen LogP contribution in [0.3, 0.4) is 0 Å². The fourth-order valence-corrected chi connectivity index (χ4v) is 3.93. The van der Waals surface area contributed by atoms with Crippen molar-refractivity contribution in [3.05, 3.63) is 34.5 Å². The van der Waals surface area contributed by atoms with Gasteiger partial charge in [-0.1, -0.05) is 0 Å². The van der Waals surface area contributed by atoms with Crippen molar-refractivity contribution in [1.82, 2.24) is 20.0 Å². The van der Waals surface area contributed by atoms with Crippen LogP contribution in [0, 0.1) is 0 Å². The summed E-state index contributed by atoms with van der Waals surface area (Å²) >= 11 is 1.42. The average Bonchev–Trinajstić information content (AvgIpc) is 2.97. The minimum absolute atomic E-state index is 0.157. The summed E-state index contributed by atoms with van der Waals surface area (Å²) in [4.78, 5) is 7.94. The second-order valence-electron chi connectivity index (χ2n) is 3.60. The molecule has 0 fully saturated rings. The first-order valence-corrected chi connectivity index (χ1v) is 7.68. The van der Waals surface area contributed by atoms with Gasteiger partial charge in [0.15, 0.2) is 0 Å². The van der Waals surface area contributed by atoms with Crippen molar-refractivity contribution in [2.75, 3.05) is 7.05 Å². The van der Waals surface area contributed by atoms with Crippen LogP contribution in [0.15, 0.2) is 28.7 Å². The molecule has 3 N–H and O–H groups in total. The second-order valence-corrected chi connectivity index (χ2v) is 6.33. The van der Waals surface area contributed by atoms with E-state index in [0.29, 0.717) is 17.3 Å². The number of aromatic nitrogens is 2. The summed E-state index contributed by atoms with van der Waals surface area (Å²) in [6.45, 7) is 0.693. The van der Waals surface area contributed by atoms with Gasteiger partial charge in [-0.3, -0.25) is 0 Å². The molecular weight excluding hydrogens is 272 g/mol. The highest BCUT2D eigenvalue weighted by molar-refractivity contribution is 7.89. The van der Waals surface area contributed by atoms with Gasteiger partial charge < -0.3 is 10.3 Å². The van der Waals surface area contributed by atoms with E-state index in [9.17, 15) is 8.42 Å². The van der Waals surface area contributed by atoms with Crippen molar-refractivity contribution in [3.63, 3.8) is 0 Å². The number of nitrogens with zero attached hydrogens (tertiary/aromatic N) is 1. The van der Waals surface area contributed by atoms with Crippen LogP contribution in [-0.2, 0) is 23.1 Å². The number of thiophene rings is 1. The molecule has 98 valence electrons. The predicted molar refractivity (Wildman–Crippen MR) is 69.7 cm³/mol. The molecule has 0 saturated heterocycles. The number of nitrogens with one attached hydrogen (secondary N) is 3. The van der Waals surface area contributed by atoms with E-state index >= 15 is 0 Å². The monoisotopic (exact) mass is 286 g/mol. The highest BCUT2D eigenvalue weighted by atomic mass is 32.2. The first-order valence-electron chi connectivity index (χ1n) is 5.32. The summed E-state index contributed by atoms with van der Waals surface area (Å²) in [5.41, 5.74) is 0. The molecule has 0 bridgehead atoms. The summed E-state index contributed by atoms with van der Waals surface area (Å²) in [5.74, 6) is 0.587. The number of aromatic amines is 1. The normalized spacial score (nSPS) is 11.8. The molecule has 0 saturated carbocycles. The zero-order valence-electron chi connectivity index (χ0n) is 9.80. The number of H-pyrrole nitrogens is 1. The Morgan fingerprint density at radius 1 is 1.44 bits per heavy atom. The summed E-state index contributed by atoms with van der Waals surface area (Å²) < 4.78 is 26.7. The topological polar surface area (TPSA) is 86.9 Å².